The van der Waals surface area contributed by atoms with E-state index in [1.165, 1.54) is 116 Å². The molecule has 0 spiro atoms. The van der Waals surface area contributed by atoms with E-state index in [0.29, 0.717) is 0 Å². The van der Waals surface area contributed by atoms with Crippen LogP contribution in [0.3, 0.4) is 0 Å². The lowest BCUT2D eigenvalue weighted by Gasteiger charge is -2.09. The number of nitrogens with zero attached hydrogens (tertiary/aromatic N) is 1. The second kappa shape index (κ2) is 17.3. The summed E-state index contributed by atoms with van der Waals surface area (Å²) < 4.78 is 2.45. The Bertz CT molecular complexity index is 452. The standard InChI is InChI=1S/C26H48N/c1-4-7-10-12-14-16-19-25-21-23-27(22-18-9-6-3)24-26(25)20-17-15-13-11-8-5-2/h21,23-24H,4-20,22H2,1-3H3/q+1. The summed E-state index contributed by atoms with van der Waals surface area (Å²) in [7, 11) is 0. The lowest BCUT2D eigenvalue weighted by Crippen LogP contribution is -2.33. The van der Waals surface area contributed by atoms with E-state index in [9.17, 15) is 0 Å². The van der Waals surface area contributed by atoms with Crippen molar-refractivity contribution in [3.8, 4) is 0 Å². The average Bonchev–Trinajstić information content (AvgIpc) is 2.68. The van der Waals surface area contributed by atoms with Crippen LogP contribution in [-0.2, 0) is 19.4 Å². The Balaban J connectivity index is 2.50. The highest BCUT2D eigenvalue weighted by Gasteiger charge is 2.09. The zero-order chi connectivity index (χ0) is 19.6. The van der Waals surface area contributed by atoms with Gasteiger partial charge in [0.15, 0.2) is 12.4 Å². The number of hydrogen-bond donors (Lipinski definition) is 0. The molecule has 1 heteroatoms. The van der Waals surface area contributed by atoms with Crippen molar-refractivity contribution in [1.29, 1.82) is 0 Å². The van der Waals surface area contributed by atoms with Crippen LogP contribution < -0.4 is 4.57 Å². The first-order valence-corrected chi connectivity index (χ1v) is 12.3. The molecule has 0 radical (unpaired) electrons. The van der Waals surface area contributed by atoms with Crippen LogP contribution in [0.1, 0.15) is 128 Å². The van der Waals surface area contributed by atoms with E-state index in [2.05, 4.69) is 43.8 Å². The third-order valence-corrected chi connectivity index (χ3v) is 5.82. The number of aryl methyl sites for hydroxylation is 3. The molecule has 0 fully saturated rings. The van der Waals surface area contributed by atoms with Crippen molar-refractivity contribution < 1.29 is 4.57 Å². The fourth-order valence-corrected chi connectivity index (χ4v) is 3.96. The molecule has 0 saturated carbocycles. The van der Waals surface area contributed by atoms with Gasteiger partial charge >= 0.3 is 0 Å². The number of unbranched alkanes of at least 4 members (excludes halogenated alkanes) is 12. The molecule has 0 amide bonds. The highest BCUT2D eigenvalue weighted by Crippen LogP contribution is 2.16. The molecule has 0 saturated heterocycles. The summed E-state index contributed by atoms with van der Waals surface area (Å²) in [6.45, 7) is 8.08. The van der Waals surface area contributed by atoms with E-state index >= 15 is 0 Å². The van der Waals surface area contributed by atoms with Crippen molar-refractivity contribution in [2.45, 2.75) is 136 Å². The maximum Gasteiger partial charge on any atom is 0.172 e. The third kappa shape index (κ3) is 12.3. The number of hydrogen-bond acceptors (Lipinski definition) is 0. The zero-order valence-corrected chi connectivity index (χ0v) is 18.9. The summed E-state index contributed by atoms with van der Waals surface area (Å²) in [6, 6.07) is 2.43. The minimum atomic E-state index is 1.19. The van der Waals surface area contributed by atoms with Gasteiger partial charge in [-0.15, -0.1) is 0 Å². The van der Waals surface area contributed by atoms with Crippen LogP contribution in [0.2, 0.25) is 0 Å². The van der Waals surface area contributed by atoms with Gasteiger partial charge < -0.3 is 0 Å². The van der Waals surface area contributed by atoms with Crippen LogP contribution in [0.15, 0.2) is 18.5 Å². The summed E-state index contributed by atoms with van der Waals surface area (Å²) in [4.78, 5) is 0. The number of aromatic nitrogens is 1. The predicted molar refractivity (Wildman–Crippen MR) is 120 cm³/mol. The molecule has 1 aromatic rings. The van der Waals surface area contributed by atoms with Gasteiger partial charge in [-0.25, -0.2) is 4.57 Å². The largest absolute Gasteiger partial charge is 0.205 e. The Morgan fingerprint density at radius 1 is 0.556 bits per heavy atom. The van der Waals surface area contributed by atoms with Crippen molar-refractivity contribution in [3.05, 3.63) is 29.6 Å². The van der Waals surface area contributed by atoms with Crippen LogP contribution in [0, 0.1) is 0 Å². The van der Waals surface area contributed by atoms with Gasteiger partial charge in [0.2, 0.25) is 0 Å². The molecule has 1 rings (SSSR count). The monoisotopic (exact) mass is 374 g/mol. The van der Waals surface area contributed by atoms with Crippen molar-refractivity contribution in [1.82, 2.24) is 0 Å². The minimum Gasteiger partial charge on any atom is -0.205 e. The van der Waals surface area contributed by atoms with Gasteiger partial charge in [0.1, 0.15) is 6.54 Å². The Morgan fingerprint density at radius 2 is 1.04 bits per heavy atom. The normalized spacial score (nSPS) is 11.2. The van der Waals surface area contributed by atoms with E-state index in [-0.39, 0.29) is 0 Å². The molecule has 27 heavy (non-hydrogen) atoms. The molecular formula is C26H48N+. The van der Waals surface area contributed by atoms with Crippen molar-refractivity contribution >= 4 is 0 Å². The van der Waals surface area contributed by atoms with E-state index in [0.717, 1.165) is 0 Å². The van der Waals surface area contributed by atoms with Gasteiger partial charge in [0.05, 0.1) is 0 Å². The summed E-state index contributed by atoms with van der Waals surface area (Å²) in [5, 5.41) is 0. The number of pyridine rings is 1. The Morgan fingerprint density at radius 3 is 1.63 bits per heavy atom. The van der Waals surface area contributed by atoms with Gasteiger partial charge in [-0.2, -0.15) is 0 Å². The first-order chi connectivity index (χ1) is 13.3. The Kier molecular flexibility index (Phi) is 15.5. The van der Waals surface area contributed by atoms with Crippen LogP contribution in [0.25, 0.3) is 0 Å². The SMILES string of the molecule is CCCCCCCCc1cc[n+](CCCCC)cc1CCCCCCCC. The molecule has 1 heterocycles. The van der Waals surface area contributed by atoms with Gasteiger partial charge in [-0.05, 0) is 37.7 Å². The second-order valence-corrected chi connectivity index (χ2v) is 8.48. The van der Waals surface area contributed by atoms with Gasteiger partial charge in [0, 0.05) is 18.1 Å². The first kappa shape index (κ1) is 24.2. The molecule has 0 aliphatic carbocycles. The van der Waals surface area contributed by atoms with Crippen LogP contribution in [0.5, 0.6) is 0 Å². The second-order valence-electron chi connectivity index (χ2n) is 8.48. The Labute approximate surface area is 171 Å². The molecule has 0 aliphatic heterocycles. The Hall–Kier alpha value is -0.850. The topological polar surface area (TPSA) is 3.88 Å². The minimum absolute atomic E-state index is 1.19. The van der Waals surface area contributed by atoms with Crippen molar-refractivity contribution in [2.75, 3.05) is 0 Å². The molecule has 0 unspecified atom stereocenters. The molecule has 0 aliphatic rings. The lowest BCUT2D eigenvalue weighted by molar-refractivity contribution is -0.697. The van der Waals surface area contributed by atoms with Gasteiger partial charge in [-0.3, -0.25) is 0 Å². The maximum atomic E-state index is 2.48. The molecule has 0 N–H and O–H groups in total. The number of rotatable bonds is 18. The highest BCUT2D eigenvalue weighted by atomic mass is 14.9. The van der Waals surface area contributed by atoms with Crippen LogP contribution in [-0.4, -0.2) is 0 Å². The quantitative estimate of drug-likeness (QED) is 0.181. The first-order valence-electron chi connectivity index (χ1n) is 12.3. The molecule has 0 atom stereocenters. The summed E-state index contributed by atoms with van der Waals surface area (Å²) in [5.74, 6) is 0. The summed E-state index contributed by atoms with van der Waals surface area (Å²) >= 11 is 0. The summed E-state index contributed by atoms with van der Waals surface area (Å²) in [6.07, 6.45) is 28.1. The summed E-state index contributed by atoms with van der Waals surface area (Å²) in [5.41, 5.74) is 3.27. The molecule has 0 bridgehead atoms. The van der Waals surface area contributed by atoms with E-state index in [1.54, 1.807) is 11.1 Å². The predicted octanol–water partition coefficient (Wildman–Crippen LogP) is 7.97. The molecule has 156 valence electrons. The van der Waals surface area contributed by atoms with Crippen molar-refractivity contribution in [3.63, 3.8) is 0 Å². The van der Waals surface area contributed by atoms with Crippen LogP contribution >= 0.6 is 0 Å². The van der Waals surface area contributed by atoms with Crippen LogP contribution in [0.4, 0.5) is 0 Å². The lowest BCUT2D eigenvalue weighted by atomic mass is 9.98. The molecule has 0 aromatic carbocycles. The average molecular weight is 375 g/mol. The molecule has 1 aromatic heterocycles. The zero-order valence-electron chi connectivity index (χ0n) is 18.9. The van der Waals surface area contributed by atoms with Gasteiger partial charge in [0.25, 0.3) is 0 Å². The molecule has 1 nitrogen and oxygen atoms in total. The molecular weight excluding hydrogens is 326 g/mol. The van der Waals surface area contributed by atoms with E-state index < -0.39 is 0 Å². The van der Waals surface area contributed by atoms with E-state index in [1.807, 2.05) is 0 Å². The van der Waals surface area contributed by atoms with E-state index in [4.69, 9.17) is 0 Å². The maximum absolute atomic E-state index is 2.48. The smallest absolute Gasteiger partial charge is 0.172 e. The fraction of sp³-hybridized carbons (Fsp3) is 0.808. The highest BCUT2D eigenvalue weighted by molar-refractivity contribution is 5.21. The third-order valence-electron chi connectivity index (χ3n) is 5.82. The fourth-order valence-electron chi connectivity index (χ4n) is 3.96. The van der Waals surface area contributed by atoms with Gasteiger partial charge in [-0.1, -0.05) is 91.4 Å². The van der Waals surface area contributed by atoms with Crippen molar-refractivity contribution in [2.24, 2.45) is 0 Å².